The molecule has 0 radical (unpaired) electrons. The van der Waals surface area contributed by atoms with Crippen LogP contribution in [0.5, 0.6) is 0 Å². The van der Waals surface area contributed by atoms with Crippen LogP contribution in [0.3, 0.4) is 0 Å². The number of nitrogens with one attached hydrogen (secondary N) is 2. The lowest BCUT2D eigenvalue weighted by Gasteiger charge is -2.30. The fourth-order valence-corrected chi connectivity index (χ4v) is 5.95. The molecule has 1 aliphatic heterocycles. The molecule has 0 saturated carbocycles. The minimum atomic E-state index is -3.46. The Morgan fingerprint density at radius 2 is 1.56 bits per heavy atom. The third kappa shape index (κ3) is 6.59. The maximum Gasteiger partial charge on any atom is 0.253 e. The summed E-state index contributed by atoms with van der Waals surface area (Å²) in [6, 6.07) is 24.0. The van der Waals surface area contributed by atoms with Gasteiger partial charge in [0.05, 0.1) is 17.0 Å². The predicted octanol–water partition coefficient (Wildman–Crippen LogP) is 4.11. The minimum Gasteiger partial charge on any atom is -0.348 e. The fraction of sp³-hybridized carbons (Fsp3) is 0.286. The maximum absolute atomic E-state index is 13.0. The van der Waals surface area contributed by atoms with Gasteiger partial charge in [0, 0.05) is 25.6 Å². The molecule has 0 bridgehead atoms. The normalized spacial score (nSPS) is 14.8. The first-order valence-electron chi connectivity index (χ1n) is 12.1. The summed E-state index contributed by atoms with van der Waals surface area (Å²) in [5, 5.41) is 5.78. The predicted molar refractivity (Wildman–Crippen MR) is 141 cm³/mol. The van der Waals surface area contributed by atoms with Gasteiger partial charge in [-0.25, -0.2) is 12.7 Å². The van der Waals surface area contributed by atoms with Crippen molar-refractivity contribution in [3.05, 3.63) is 101 Å². The largest absolute Gasteiger partial charge is 0.348 e. The van der Waals surface area contributed by atoms with Gasteiger partial charge < -0.3 is 10.6 Å². The summed E-state index contributed by atoms with van der Waals surface area (Å²) in [4.78, 5) is 25.8. The van der Waals surface area contributed by atoms with Crippen molar-refractivity contribution in [2.45, 2.75) is 32.1 Å². The third-order valence-corrected chi connectivity index (χ3v) is 8.23. The second kappa shape index (κ2) is 11.5. The molecule has 2 N–H and O–H groups in total. The van der Waals surface area contributed by atoms with Gasteiger partial charge in [-0.2, -0.15) is 0 Å². The van der Waals surface area contributed by atoms with Crippen LogP contribution in [0.25, 0.3) is 0 Å². The number of amides is 2. The van der Waals surface area contributed by atoms with Crippen LogP contribution in [0, 0.1) is 12.8 Å². The molecule has 1 aliphatic rings. The molecule has 36 heavy (non-hydrogen) atoms. The first-order chi connectivity index (χ1) is 17.3. The number of aryl methyl sites for hydroxylation is 1. The number of benzene rings is 3. The van der Waals surface area contributed by atoms with E-state index >= 15 is 0 Å². The van der Waals surface area contributed by atoms with Crippen LogP contribution < -0.4 is 10.6 Å². The number of carbonyl (C=O) groups is 2. The van der Waals surface area contributed by atoms with Gasteiger partial charge in [0.2, 0.25) is 15.9 Å². The Labute approximate surface area is 212 Å². The second-order valence-corrected chi connectivity index (χ2v) is 11.1. The van der Waals surface area contributed by atoms with Gasteiger partial charge in [0.25, 0.3) is 5.91 Å². The second-order valence-electron chi connectivity index (χ2n) is 9.12. The highest BCUT2D eigenvalue weighted by Gasteiger charge is 2.31. The topological polar surface area (TPSA) is 95.6 Å². The number of hydrogen-bond donors (Lipinski definition) is 2. The highest BCUT2D eigenvalue weighted by Crippen LogP contribution is 2.24. The van der Waals surface area contributed by atoms with Gasteiger partial charge in [-0.05, 0) is 43.0 Å². The molecular weight excluding hydrogens is 474 g/mol. The van der Waals surface area contributed by atoms with Gasteiger partial charge >= 0.3 is 0 Å². The highest BCUT2D eigenvalue weighted by molar-refractivity contribution is 7.88. The number of rotatable bonds is 8. The summed E-state index contributed by atoms with van der Waals surface area (Å²) >= 11 is 0. The van der Waals surface area contributed by atoms with Crippen LogP contribution >= 0.6 is 0 Å². The summed E-state index contributed by atoms with van der Waals surface area (Å²) in [5.41, 5.74) is 3.60. The van der Waals surface area contributed by atoms with E-state index in [9.17, 15) is 18.0 Å². The molecule has 2 amide bonds. The number of carbonyl (C=O) groups excluding carboxylic acids is 2. The fourth-order valence-electron chi connectivity index (χ4n) is 4.40. The molecule has 0 spiro atoms. The molecule has 0 aromatic heterocycles. The molecule has 3 aromatic rings. The molecule has 0 atom stereocenters. The average molecular weight is 506 g/mol. The minimum absolute atomic E-state index is 0.0446. The number of nitrogens with zero attached hydrogens (tertiary/aromatic N) is 1. The Bertz CT molecular complexity index is 1320. The summed E-state index contributed by atoms with van der Waals surface area (Å²) in [7, 11) is -3.46. The Balaban J connectivity index is 1.33. The van der Waals surface area contributed by atoms with E-state index in [1.165, 1.54) is 4.31 Å². The summed E-state index contributed by atoms with van der Waals surface area (Å²) in [6.45, 7) is 2.92. The molecule has 3 aromatic carbocycles. The lowest BCUT2D eigenvalue weighted by atomic mass is 9.97. The van der Waals surface area contributed by atoms with E-state index in [2.05, 4.69) is 10.6 Å². The summed E-state index contributed by atoms with van der Waals surface area (Å²) in [6.07, 6.45) is 0.864. The number of para-hydroxylation sites is 1. The van der Waals surface area contributed by atoms with Crippen LogP contribution in [0.1, 0.15) is 39.9 Å². The number of hydrogen-bond acceptors (Lipinski definition) is 4. The summed E-state index contributed by atoms with van der Waals surface area (Å²) < 4.78 is 27.3. The zero-order valence-electron chi connectivity index (χ0n) is 20.3. The smallest absolute Gasteiger partial charge is 0.253 e. The van der Waals surface area contributed by atoms with Gasteiger partial charge in [-0.15, -0.1) is 0 Å². The van der Waals surface area contributed by atoms with E-state index in [1.54, 1.807) is 24.3 Å². The van der Waals surface area contributed by atoms with E-state index in [1.807, 2.05) is 61.5 Å². The van der Waals surface area contributed by atoms with Crippen molar-refractivity contribution in [2.24, 2.45) is 5.92 Å². The molecule has 7 nitrogen and oxygen atoms in total. The van der Waals surface area contributed by atoms with E-state index in [4.69, 9.17) is 0 Å². The van der Waals surface area contributed by atoms with Crippen molar-refractivity contribution in [1.29, 1.82) is 0 Å². The first kappa shape index (κ1) is 25.6. The highest BCUT2D eigenvalue weighted by atomic mass is 32.2. The molecule has 4 rings (SSSR count). The van der Waals surface area contributed by atoms with E-state index in [-0.39, 0.29) is 23.5 Å². The molecular formula is C28H31N3O4S. The maximum atomic E-state index is 13.0. The standard InChI is InChI=1S/C28H31N3O4S/c1-21-8-7-11-23(18-21)20-36(34,35)31-16-14-24(15-17-31)27(32)30-26-13-6-5-12-25(26)28(33)29-19-22-9-3-2-4-10-22/h2-13,18,24H,14-17,19-20H2,1H3,(H,29,33)(H,30,32). The molecule has 0 aliphatic carbocycles. The molecule has 188 valence electrons. The van der Waals surface area contributed by atoms with Crippen LogP contribution in [-0.4, -0.2) is 37.6 Å². The van der Waals surface area contributed by atoms with Crippen LogP contribution in [0.4, 0.5) is 5.69 Å². The third-order valence-electron chi connectivity index (χ3n) is 6.38. The SMILES string of the molecule is Cc1cccc(CS(=O)(=O)N2CCC(C(=O)Nc3ccccc3C(=O)NCc3ccccc3)CC2)c1. The summed E-state index contributed by atoms with van der Waals surface area (Å²) in [5.74, 6) is -0.839. The van der Waals surface area contributed by atoms with E-state index in [0.717, 1.165) is 16.7 Å². The Morgan fingerprint density at radius 3 is 2.28 bits per heavy atom. The zero-order valence-corrected chi connectivity index (χ0v) is 21.1. The Morgan fingerprint density at radius 1 is 0.889 bits per heavy atom. The van der Waals surface area contributed by atoms with Crippen LogP contribution in [0.15, 0.2) is 78.9 Å². The van der Waals surface area contributed by atoms with Gasteiger partial charge in [0.1, 0.15) is 0 Å². The molecule has 1 heterocycles. The number of piperidine rings is 1. The van der Waals surface area contributed by atoms with Crippen molar-refractivity contribution < 1.29 is 18.0 Å². The van der Waals surface area contributed by atoms with Crippen molar-refractivity contribution in [1.82, 2.24) is 9.62 Å². The van der Waals surface area contributed by atoms with Crippen molar-refractivity contribution in [2.75, 3.05) is 18.4 Å². The molecule has 8 heteroatoms. The van der Waals surface area contributed by atoms with Crippen molar-refractivity contribution in [3.63, 3.8) is 0 Å². The van der Waals surface area contributed by atoms with Gasteiger partial charge in [0.15, 0.2) is 0 Å². The Hall–Kier alpha value is -3.49. The number of anilines is 1. The molecule has 0 unspecified atom stereocenters. The Kier molecular flexibility index (Phi) is 8.18. The van der Waals surface area contributed by atoms with Gasteiger partial charge in [-0.1, -0.05) is 72.3 Å². The van der Waals surface area contributed by atoms with Crippen molar-refractivity contribution >= 4 is 27.5 Å². The monoisotopic (exact) mass is 505 g/mol. The lowest BCUT2D eigenvalue weighted by molar-refractivity contribution is -0.120. The lowest BCUT2D eigenvalue weighted by Crippen LogP contribution is -2.42. The number of sulfonamides is 1. The average Bonchev–Trinajstić information content (AvgIpc) is 2.88. The first-order valence-corrected chi connectivity index (χ1v) is 13.7. The molecule has 1 saturated heterocycles. The molecule has 1 fully saturated rings. The zero-order chi connectivity index (χ0) is 25.5. The van der Waals surface area contributed by atoms with E-state index in [0.29, 0.717) is 43.7 Å². The van der Waals surface area contributed by atoms with Crippen LogP contribution in [0.2, 0.25) is 0 Å². The van der Waals surface area contributed by atoms with Gasteiger partial charge in [-0.3, -0.25) is 9.59 Å². The van der Waals surface area contributed by atoms with E-state index < -0.39 is 10.0 Å². The van der Waals surface area contributed by atoms with Crippen molar-refractivity contribution in [3.8, 4) is 0 Å². The quantitative estimate of drug-likeness (QED) is 0.482. The van der Waals surface area contributed by atoms with Crippen LogP contribution in [-0.2, 0) is 27.1 Å².